The Bertz CT molecular complexity index is 776. The number of nitrogens with one attached hydrogen (secondary N) is 1. The van der Waals surface area contributed by atoms with Crippen molar-refractivity contribution >= 4 is 37.8 Å². The molecular formula is C26H39InN3O2Zr. The molecule has 2 heterocycles. The minimum atomic E-state index is -0.784. The number of guanidine groups is 1. The van der Waals surface area contributed by atoms with Gasteiger partial charge in [0.25, 0.3) is 0 Å². The fourth-order valence-corrected chi connectivity index (χ4v) is 8.24. The first-order chi connectivity index (χ1) is 15.6. The molecule has 1 atom stereocenters. The van der Waals surface area contributed by atoms with Crippen molar-refractivity contribution in [1.82, 2.24) is 10.2 Å². The number of fused-ring (bicyclic) bond motifs is 1. The molecule has 0 spiro atoms. The maximum atomic E-state index is 10.7. The molecule has 2 N–H and O–H groups in total. The van der Waals surface area contributed by atoms with Gasteiger partial charge in [0, 0.05) is 45.5 Å². The third kappa shape index (κ3) is 8.87. The van der Waals surface area contributed by atoms with E-state index in [9.17, 15) is 4.79 Å². The van der Waals surface area contributed by atoms with Crippen LogP contribution in [-0.4, -0.2) is 73.5 Å². The molecule has 2 aliphatic heterocycles. The van der Waals surface area contributed by atoms with Crippen LogP contribution in [0.25, 0.3) is 0 Å². The second-order valence-corrected chi connectivity index (χ2v) is 12.5. The van der Waals surface area contributed by atoms with Crippen molar-refractivity contribution < 1.29 is 33.1 Å². The van der Waals surface area contributed by atoms with Gasteiger partial charge in [-0.05, 0) is 12.8 Å². The predicted molar refractivity (Wildman–Crippen MR) is 134 cm³/mol. The Morgan fingerprint density at radius 2 is 1.70 bits per heavy atom. The smallest absolute Gasteiger partial charge is 0.326 e. The number of hydrogen-bond donors (Lipinski definition) is 2. The van der Waals surface area contributed by atoms with E-state index in [1.54, 1.807) is 11.1 Å². The number of aliphatic imine (C=N–C) groups is 1. The molecule has 4 rings (SSSR count). The van der Waals surface area contributed by atoms with Crippen LogP contribution in [0.4, 0.5) is 0 Å². The van der Waals surface area contributed by atoms with Crippen molar-refractivity contribution in [2.24, 2.45) is 4.99 Å². The average Bonchev–Trinajstić information content (AvgIpc) is 3.45. The maximum Gasteiger partial charge on any atom is 0.326 e. The van der Waals surface area contributed by atoms with E-state index in [2.05, 4.69) is 53.4 Å². The molecule has 0 amide bonds. The molecule has 7 heteroatoms. The number of unbranched alkanes of at least 4 members (excludes halogenated alkanes) is 2. The van der Waals surface area contributed by atoms with Crippen LogP contribution >= 0.6 is 0 Å². The Balaban J connectivity index is 0.000000241. The predicted octanol–water partition coefficient (Wildman–Crippen LogP) is 4.99. The second-order valence-electron chi connectivity index (χ2n) is 8.92. The minimum absolute atomic E-state index is 0. The van der Waals surface area contributed by atoms with Gasteiger partial charge in [0.15, 0.2) is 5.96 Å². The zero-order valence-electron chi connectivity index (χ0n) is 20.4. The minimum Gasteiger partial charge on any atom is -0.480 e. The van der Waals surface area contributed by atoms with Gasteiger partial charge in [-0.25, -0.2) is 4.79 Å². The Morgan fingerprint density at radius 1 is 1.09 bits per heavy atom. The summed E-state index contributed by atoms with van der Waals surface area (Å²) in [6, 6.07) is -0.451. The first kappa shape index (κ1) is 28.7. The SMILES string of the molecule is CCCCC1=[C]([Zr][C]2=C(CCCC)C=CC2)CC=C1.O=C(O)C1CCN2CCCN=C2N1.[In]. The number of rotatable bonds is 9. The molecule has 5 nitrogen and oxygen atoms in total. The van der Waals surface area contributed by atoms with E-state index in [4.69, 9.17) is 5.11 Å². The van der Waals surface area contributed by atoms with E-state index >= 15 is 0 Å². The largest absolute Gasteiger partial charge is 0.480 e. The van der Waals surface area contributed by atoms with Crippen LogP contribution in [0, 0.1) is 0 Å². The maximum absolute atomic E-state index is 10.7. The topological polar surface area (TPSA) is 64.9 Å². The van der Waals surface area contributed by atoms with Gasteiger partial charge in [-0.3, -0.25) is 4.99 Å². The second kappa shape index (κ2) is 15.4. The van der Waals surface area contributed by atoms with Gasteiger partial charge in [-0.2, -0.15) is 0 Å². The van der Waals surface area contributed by atoms with E-state index in [0.29, 0.717) is 6.42 Å². The molecular weight excluding hydrogens is 592 g/mol. The van der Waals surface area contributed by atoms with Crippen molar-refractivity contribution in [1.29, 1.82) is 0 Å². The van der Waals surface area contributed by atoms with Gasteiger partial charge in [-0.1, -0.05) is 0 Å². The van der Waals surface area contributed by atoms with Crippen molar-refractivity contribution in [2.45, 2.75) is 84.1 Å². The van der Waals surface area contributed by atoms with Gasteiger partial charge in [-0.15, -0.1) is 0 Å². The van der Waals surface area contributed by atoms with Crippen LogP contribution in [0.5, 0.6) is 0 Å². The molecule has 3 radical (unpaired) electrons. The van der Waals surface area contributed by atoms with Crippen molar-refractivity contribution in [3.8, 4) is 0 Å². The van der Waals surface area contributed by atoms with E-state index in [1.165, 1.54) is 51.4 Å². The first-order valence-electron chi connectivity index (χ1n) is 12.4. The van der Waals surface area contributed by atoms with Gasteiger partial charge in [0.05, 0.1) is 0 Å². The van der Waals surface area contributed by atoms with Gasteiger partial charge in [0.1, 0.15) is 6.04 Å². The van der Waals surface area contributed by atoms with Gasteiger partial charge < -0.3 is 15.3 Å². The standard InChI is InChI=1S/2C9H13.C8H13N3O2.In.Zr/c2*1-2-3-6-9-7-4-5-8-9;12-7(13)6-2-5-11-4-1-3-9-8(11)10-6;;/h2*4,7H,2-3,5-6H2,1H3;6H,1-5H2,(H,9,10)(H,12,13);;. The monoisotopic (exact) mass is 630 g/mol. The van der Waals surface area contributed by atoms with Crippen LogP contribution in [0.2, 0.25) is 0 Å². The summed E-state index contributed by atoms with van der Waals surface area (Å²) in [4.78, 5) is 17.1. The van der Waals surface area contributed by atoms with Crippen LogP contribution in [0.1, 0.15) is 78.1 Å². The first-order valence-corrected chi connectivity index (χ1v) is 14.9. The molecule has 33 heavy (non-hydrogen) atoms. The van der Waals surface area contributed by atoms with Crippen molar-refractivity contribution in [3.05, 3.63) is 42.0 Å². The molecule has 1 unspecified atom stereocenters. The van der Waals surface area contributed by atoms with E-state index < -0.39 is 35.2 Å². The normalized spacial score (nSPS) is 21.1. The summed E-state index contributed by atoms with van der Waals surface area (Å²) >= 11 is -0.463. The molecule has 177 valence electrons. The summed E-state index contributed by atoms with van der Waals surface area (Å²) < 4.78 is 3.73. The number of carboxylic acid groups (broad SMARTS) is 1. The summed E-state index contributed by atoms with van der Waals surface area (Å²) in [6.07, 6.45) is 21.9. The van der Waals surface area contributed by atoms with Crippen LogP contribution in [-0.2, 0) is 28.0 Å². The number of allylic oxidation sites excluding steroid dienone is 8. The molecule has 0 aromatic rings. The van der Waals surface area contributed by atoms with Gasteiger partial charge in [0.2, 0.25) is 0 Å². The summed E-state index contributed by atoms with van der Waals surface area (Å²) in [6.45, 7) is 7.21. The average molecular weight is 632 g/mol. The molecule has 2 aliphatic carbocycles. The fourth-order valence-electron chi connectivity index (χ4n) is 4.45. The zero-order chi connectivity index (χ0) is 22.8. The number of carbonyl (C=O) groups is 1. The Morgan fingerprint density at radius 3 is 2.24 bits per heavy atom. The van der Waals surface area contributed by atoms with E-state index in [1.807, 2.05) is 6.56 Å². The molecule has 0 aromatic heterocycles. The Labute approximate surface area is 230 Å². The van der Waals surface area contributed by atoms with Crippen LogP contribution in [0.3, 0.4) is 0 Å². The summed E-state index contributed by atoms with van der Waals surface area (Å²) in [5.41, 5.74) is 3.42. The van der Waals surface area contributed by atoms with Crippen molar-refractivity contribution in [3.63, 3.8) is 0 Å². The number of aliphatic carboxylic acids is 1. The Kier molecular flexibility index (Phi) is 13.4. The third-order valence-electron chi connectivity index (χ3n) is 6.39. The fraction of sp³-hybridized carbons (Fsp3) is 0.615. The number of hydrogen-bond acceptors (Lipinski definition) is 4. The molecule has 1 saturated heterocycles. The Hall–Kier alpha value is -0.547. The summed E-state index contributed by atoms with van der Waals surface area (Å²) in [7, 11) is 0. The molecule has 1 fully saturated rings. The molecule has 0 aromatic carbocycles. The van der Waals surface area contributed by atoms with Crippen LogP contribution < -0.4 is 5.32 Å². The molecule has 0 saturated carbocycles. The molecule has 4 aliphatic rings. The third-order valence-corrected chi connectivity index (χ3v) is 10.5. The van der Waals surface area contributed by atoms with Gasteiger partial charge >= 0.3 is 136 Å². The van der Waals surface area contributed by atoms with E-state index in [-0.39, 0.29) is 25.8 Å². The summed E-state index contributed by atoms with van der Waals surface area (Å²) in [5.74, 6) is -0.0159. The number of nitrogens with zero attached hydrogens (tertiary/aromatic N) is 2. The van der Waals surface area contributed by atoms with Crippen molar-refractivity contribution in [2.75, 3.05) is 19.6 Å². The number of carboxylic acids is 1. The van der Waals surface area contributed by atoms with E-state index in [0.717, 1.165) is 32.0 Å². The quantitative estimate of drug-likeness (QED) is 0.377. The van der Waals surface area contributed by atoms with Crippen LogP contribution in [0.15, 0.2) is 47.0 Å². The molecule has 0 bridgehead atoms. The summed E-state index contributed by atoms with van der Waals surface area (Å²) in [5, 5.41) is 11.7. The zero-order valence-corrected chi connectivity index (χ0v) is 26.2.